The maximum Gasteiger partial charge on any atom is 0.157 e. The molecule has 2 bridgehead atoms. The molecule has 0 spiro atoms. The third kappa shape index (κ3) is 3.95. The summed E-state index contributed by atoms with van der Waals surface area (Å²) in [7, 11) is 3.93. The first-order valence-corrected chi connectivity index (χ1v) is 10.9. The minimum atomic E-state index is -0.0224. The van der Waals surface area contributed by atoms with Gasteiger partial charge in [0.05, 0.1) is 19.8 Å². The third-order valence-electron chi connectivity index (χ3n) is 7.09. The van der Waals surface area contributed by atoms with Gasteiger partial charge in [-0.1, -0.05) is 19.1 Å². The van der Waals surface area contributed by atoms with Crippen molar-refractivity contribution < 1.29 is 18.9 Å². The van der Waals surface area contributed by atoms with Crippen LogP contribution in [0.15, 0.2) is 24.3 Å². The minimum Gasteiger partial charge on any atom is -0.497 e. The molecule has 0 radical (unpaired) electrons. The molecule has 1 aromatic rings. The van der Waals surface area contributed by atoms with E-state index in [1.165, 1.54) is 12.0 Å². The molecular formula is C23H35NO4. The standard InChI is InChI=1S/C23H35NO4/c1-17-22-24(2)12-11-23(17,18-7-6-8-19(15-18)25-3)16-20(28-22)10-14-27-21-9-4-5-13-26-21/h6-8,15,17,20-22H,4-5,9-14,16H2,1-3H3/t17?,20?,21?,22-,23-/m0/s1. The number of piperidine rings is 1. The van der Waals surface area contributed by atoms with Gasteiger partial charge in [-0.05, 0) is 63.3 Å². The molecule has 4 rings (SSSR count). The van der Waals surface area contributed by atoms with Gasteiger partial charge in [0, 0.05) is 24.5 Å². The zero-order valence-electron chi connectivity index (χ0n) is 17.6. The van der Waals surface area contributed by atoms with Crippen molar-refractivity contribution in [3.63, 3.8) is 0 Å². The van der Waals surface area contributed by atoms with Crippen molar-refractivity contribution in [3.05, 3.63) is 29.8 Å². The maximum absolute atomic E-state index is 6.55. The zero-order valence-corrected chi connectivity index (χ0v) is 17.6. The van der Waals surface area contributed by atoms with E-state index in [-0.39, 0.29) is 24.0 Å². The molecule has 3 aliphatic rings. The Kier molecular flexibility index (Phi) is 6.26. The highest BCUT2D eigenvalue weighted by Crippen LogP contribution is 2.50. The van der Waals surface area contributed by atoms with E-state index in [4.69, 9.17) is 18.9 Å². The summed E-state index contributed by atoms with van der Waals surface area (Å²) >= 11 is 0. The van der Waals surface area contributed by atoms with Crippen LogP contribution >= 0.6 is 0 Å². The van der Waals surface area contributed by atoms with Gasteiger partial charge in [0.1, 0.15) is 12.0 Å². The molecule has 5 nitrogen and oxygen atoms in total. The second kappa shape index (κ2) is 8.70. The second-order valence-electron chi connectivity index (χ2n) is 8.72. The average Bonchev–Trinajstić information content (AvgIpc) is 2.73. The van der Waals surface area contributed by atoms with Crippen LogP contribution in [0.5, 0.6) is 5.75 Å². The Hall–Kier alpha value is -1.14. The molecule has 5 atom stereocenters. The van der Waals surface area contributed by atoms with Gasteiger partial charge < -0.3 is 18.9 Å². The van der Waals surface area contributed by atoms with Crippen LogP contribution in [0.1, 0.15) is 51.0 Å². The first kappa shape index (κ1) is 20.1. The second-order valence-corrected chi connectivity index (χ2v) is 8.72. The van der Waals surface area contributed by atoms with Gasteiger partial charge in [0.25, 0.3) is 0 Å². The number of nitrogens with zero attached hydrogens (tertiary/aromatic N) is 1. The van der Waals surface area contributed by atoms with E-state index in [0.717, 1.165) is 51.0 Å². The van der Waals surface area contributed by atoms with Crippen LogP contribution in [0.3, 0.4) is 0 Å². The Morgan fingerprint density at radius 1 is 1.29 bits per heavy atom. The zero-order chi connectivity index (χ0) is 19.6. The molecule has 0 amide bonds. The number of hydrogen-bond donors (Lipinski definition) is 0. The highest BCUT2D eigenvalue weighted by Gasteiger charge is 2.52. The molecule has 0 N–H and O–H groups in total. The van der Waals surface area contributed by atoms with Gasteiger partial charge >= 0.3 is 0 Å². The van der Waals surface area contributed by atoms with Crippen molar-refractivity contribution in [2.75, 3.05) is 33.9 Å². The fourth-order valence-corrected chi connectivity index (χ4v) is 5.35. The van der Waals surface area contributed by atoms with Crippen LogP contribution in [0.4, 0.5) is 0 Å². The molecule has 156 valence electrons. The quantitative estimate of drug-likeness (QED) is 0.737. The molecule has 3 saturated heterocycles. The Bertz CT molecular complexity index is 647. The number of ether oxygens (including phenoxy) is 4. The third-order valence-corrected chi connectivity index (χ3v) is 7.09. The molecule has 0 aromatic heterocycles. The summed E-state index contributed by atoms with van der Waals surface area (Å²) < 4.78 is 23.8. The van der Waals surface area contributed by atoms with Crippen LogP contribution in [-0.2, 0) is 19.6 Å². The van der Waals surface area contributed by atoms with E-state index >= 15 is 0 Å². The van der Waals surface area contributed by atoms with Crippen LogP contribution in [0.25, 0.3) is 0 Å². The van der Waals surface area contributed by atoms with Crippen molar-refractivity contribution in [1.82, 2.24) is 4.90 Å². The molecule has 28 heavy (non-hydrogen) atoms. The lowest BCUT2D eigenvalue weighted by molar-refractivity contribution is -0.213. The molecule has 0 aliphatic carbocycles. The van der Waals surface area contributed by atoms with E-state index in [2.05, 4.69) is 37.1 Å². The molecule has 3 fully saturated rings. The number of hydrogen-bond acceptors (Lipinski definition) is 5. The predicted octanol–water partition coefficient (Wildman–Crippen LogP) is 3.95. The van der Waals surface area contributed by atoms with E-state index in [9.17, 15) is 0 Å². The summed E-state index contributed by atoms with van der Waals surface area (Å²) in [6.07, 6.45) is 6.83. The monoisotopic (exact) mass is 389 g/mol. The number of rotatable bonds is 6. The minimum absolute atomic E-state index is 0.0224. The molecular weight excluding hydrogens is 354 g/mol. The van der Waals surface area contributed by atoms with Crippen LogP contribution < -0.4 is 4.74 Å². The lowest BCUT2D eigenvalue weighted by Gasteiger charge is -2.56. The lowest BCUT2D eigenvalue weighted by Crippen LogP contribution is -2.60. The van der Waals surface area contributed by atoms with Gasteiger partial charge in [-0.15, -0.1) is 0 Å². The van der Waals surface area contributed by atoms with Crippen molar-refractivity contribution >= 4 is 0 Å². The molecule has 3 heterocycles. The Labute approximate surface area is 169 Å². The van der Waals surface area contributed by atoms with Gasteiger partial charge in [0.15, 0.2) is 6.29 Å². The Morgan fingerprint density at radius 3 is 2.96 bits per heavy atom. The van der Waals surface area contributed by atoms with Gasteiger partial charge in [-0.25, -0.2) is 0 Å². The molecule has 3 aliphatic heterocycles. The topological polar surface area (TPSA) is 40.2 Å². The first-order valence-electron chi connectivity index (χ1n) is 10.9. The van der Waals surface area contributed by atoms with Crippen molar-refractivity contribution in [1.29, 1.82) is 0 Å². The van der Waals surface area contributed by atoms with Crippen molar-refractivity contribution in [3.8, 4) is 5.75 Å². The van der Waals surface area contributed by atoms with Crippen LogP contribution in [0.2, 0.25) is 0 Å². The SMILES string of the molecule is COc1cccc([C@@]23CCN(C)[C@@H](OC(CCOC4CCCCO4)C2)C3C)c1. The van der Waals surface area contributed by atoms with Crippen LogP contribution in [-0.4, -0.2) is 57.4 Å². The normalized spacial score (nSPS) is 36.2. The highest BCUT2D eigenvalue weighted by atomic mass is 16.7. The summed E-state index contributed by atoms with van der Waals surface area (Å²) in [5.41, 5.74) is 1.53. The van der Waals surface area contributed by atoms with Gasteiger partial charge in [-0.3, -0.25) is 4.90 Å². The predicted molar refractivity (Wildman–Crippen MR) is 109 cm³/mol. The molecule has 3 unspecified atom stereocenters. The molecule has 1 aromatic carbocycles. The summed E-state index contributed by atoms with van der Waals surface area (Å²) in [5.74, 6) is 1.38. The fraction of sp³-hybridized carbons (Fsp3) is 0.739. The number of benzene rings is 1. The van der Waals surface area contributed by atoms with Crippen molar-refractivity contribution in [2.24, 2.45) is 5.92 Å². The first-order chi connectivity index (χ1) is 13.6. The molecule has 5 heteroatoms. The maximum atomic E-state index is 6.55. The van der Waals surface area contributed by atoms with Gasteiger partial charge in [0.2, 0.25) is 0 Å². The fourth-order valence-electron chi connectivity index (χ4n) is 5.35. The summed E-state index contributed by atoms with van der Waals surface area (Å²) in [4.78, 5) is 2.38. The molecule has 0 saturated carbocycles. The number of likely N-dealkylation sites (tertiary alicyclic amines) is 1. The summed E-state index contributed by atoms with van der Waals surface area (Å²) in [6.45, 7) is 4.94. The number of methoxy groups -OCH3 is 1. The average molecular weight is 390 g/mol. The Balaban J connectivity index is 1.48. The van der Waals surface area contributed by atoms with Crippen LogP contribution in [0, 0.1) is 5.92 Å². The largest absolute Gasteiger partial charge is 0.497 e. The van der Waals surface area contributed by atoms with E-state index in [0.29, 0.717) is 12.5 Å². The summed E-state index contributed by atoms with van der Waals surface area (Å²) in [6, 6.07) is 8.66. The van der Waals surface area contributed by atoms with E-state index < -0.39 is 0 Å². The Morgan fingerprint density at radius 2 is 2.18 bits per heavy atom. The number of fused-ring (bicyclic) bond motifs is 2. The van der Waals surface area contributed by atoms with Crippen molar-refractivity contribution in [2.45, 2.75) is 69.5 Å². The van der Waals surface area contributed by atoms with E-state index in [1.807, 2.05) is 6.07 Å². The highest BCUT2D eigenvalue weighted by molar-refractivity contribution is 5.36. The van der Waals surface area contributed by atoms with E-state index in [1.54, 1.807) is 7.11 Å². The summed E-state index contributed by atoms with van der Waals surface area (Å²) in [5, 5.41) is 0. The van der Waals surface area contributed by atoms with Gasteiger partial charge in [-0.2, -0.15) is 0 Å². The smallest absolute Gasteiger partial charge is 0.157 e. The lowest BCUT2D eigenvalue weighted by atomic mass is 9.61.